The minimum absolute atomic E-state index is 0.198. The van der Waals surface area contributed by atoms with E-state index in [0.717, 1.165) is 29.3 Å². The van der Waals surface area contributed by atoms with Crippen LogP contribution in [0.1, 0.15) is 32.4 Å². The third-order valence-corrected chi connectivity index (χ3v) is 5.05. The van der Waals surface area contributed by atoms with Crippen LogP contribution in [0, 0.1) is 0 Å². The van der Waals surface area contributed by atoms with Gasteiger partial charge in [0.25, 0.3) is 0 Å². The van der Waals surface area contributed by atoms with E-state index in [1.165, 1.54) is 0 Å². The first kappa shape index (κ1) is 17.4. The molecule has 0 saturated carbocycles. The van der Waals surface area contributed by atoms with Crippen LogP contribution in [0.4, 0.5) is 0 Å². The Morgan fingerprint density at radius 1 is 1.33 bits per heavy atom. The van der Waals surface area contributed by atoms with Gasteiger partial charge in [0, 0.05) is 17.7 Å². The molecule has 2 aromatic rings. The molecule has 1 aliphatic heterocycles. The summed E-state index contributed by atoms with van der Waals surface area (Å²) in [6.07, 6.45) is 0.991. The molecule has 1 aliphatic rings. The molecule has 1 aromatic carbocycles. The Balaban J connectivity index is 1.87. The zero-order chi connectivity index (χ0) is 16.9. The highest BCUT2D eigenvalue weighted by molar-refractivity contribution is 7.99. The lowest BCUT2D eigenvalue weighted by molar-refractivity contribution is -0.0515. The molecule has 0 aliphatic carbocycles. The topological polar surface area (TPSA) is 80.4 Å². The van der Waals surface area contributed by atoms with Crippen LogP contribution in [0.2, 0.25) is 0 Å². The van der Waals surface area contributed by atoms with Gasteiger partial charge in [-0.15, -0.1) is 5.10 Å². The number of thioether (sulfide) groups is 1. The number of hydrogen-bond donors (Lipinski definition) is 2. The van der Waals surface area contributed by atoms with Crippen molar-refractivity contribution in [3.05, 3.63) is 30.3 Å². The molecule has 7 heteroatoms. The quantitative estimate of drug-likeness (QED) is 0.590. The average molecular weight is 349 g/mol. The van der Waals surface area contributed by atoms with Gasteiger partial charge in [-0.05, 0) is 6.42 Å². The van der Waals surface area contributed by atoms with Crippen LogP contribution in [0.25, 0.3) is 11.4 Å². The largest absolute Gasteiger partial charge is 0.394 e. The number of ether oxygens (including phenoxy) is 1. The van der Waals surface area contributed by atoms with Gasteiger partial charge in [-0.25, -0.2) is 9.67 Å². The van der Waals surface area contributed by atoms with Gasteiger partial charge < -0.3 is 14.9 Å². The van der Waals surface area contributed by atoms with Crippen LogP contribution in [0.3, 0.4) is 0 Å². The van der Waals surface area contributed by atoms with E-state index >= 15 is 0 Å². The Labute approximate surface area is 145 Å². The number of nitrogens with zero attached hydrogens (tertiary/aromatic N) is 3. The van der Waals surface area contributed by atoms with Crippen molar-refractivity contribution in [2.45, 2.75) is 49.8 Å². The molecule has 130 valence electrons. The number of hydrogen-bond acceptors (Lipinski definition) is 6. The molecule has 6 nitrogen and oxygen atoms in total. The van der Waals surface area contributed by atoms with E-state index in [1.807, 2.05) is 30.3 Å². The van der Waals surface area contributed by atoms with Crippen LogP contribution in [0.5, 0.6) is 0 Å². The summed E-state index contributed by atoms with van der Waals surface area (Å²) in [5.74, 6) is 1.61. The van der Waals surface area contributed by atoms with Crippen molar-refractivity contribution in [1.82, 2.24) is 14.8 Å². The minimum atomic E-state index is -0.683. The van der Waals surface area contributed by atoms with E-state index in [1.54, 1.807) is 16.4 Å². The summed E-state index contributed by atoms with van der Waals surface area (Å²) < 4.78 is 7.50. The van der Waals surface area contributed by atoms with Crippen molar-refractivity contribution in [2.75, 3.05) is 12.4 Å². The molecular weight excluding hydrogens is 326 g/mol. The summed E-state index contributed by atoms with van der Waals surface area (Å²) in [6, 6.07) is 9.82. The monoisotopic (exact) mass is 349 g/mol. The van der Waals surface area contributed by atoms with E-state index in [0.29, 0.717) is 12.2 Å². The van der Waals surface area contributed by atoms with Crippen molar-refractivity contribution in [1.29, 1.82) is 0 Å². The molecule has 1 fully saturated rings. The number of rotatable bonds is 7. The van der Waals surface area contributed by atoms with Gasteiger partial charge in [-0.3, -0.25) is 0 Å². The Morgan fingerprint density at radius 2 is 2.12 bits per heavy atom. The van der Waals surface area contributed by atoms with Crippen LogP contribution in [-0.2, 0) is 4.74 Å². The highest BCUT2D eigenvalue weighted by Crippen LogP contribution is 2.33. The SMILES string of the molecule is CCCCSc1nc(-c2ccccc2)nn1[C@H]1C[C@H](O)[C@@H](CO)O1. The summed E-state index contributed by atoms with van der Waals surface area (Å²) >= 11 is 1.65. The number of benzene rings is 1. The second-order valence-electron chi connectivity index (χ2n) is 5.85. The van der Waals surface area contributed by atoms with Crippen LogP contribution in [-0.4, -0.2) is 49.5 Å². The first-order valence-corrected chi connectivity index (χ1v) is 9.30. The Bertz CT molecular complexity index is 650. The van der Waals surface area contributed by atoms with Gasteiger partial charge in [-0.1, -0.05) is 55.4 Å². The molecule has 0 radical (unpaired) electrons. The van der Waals surface area contributed by atoms with Gasteiger partial charge in [0.15, 0.2) is 17.2 Å². The van der Waals surface area contributed by atoms with Gasteiger partial charge in [0.2, 0.25) is 0 Å². The van der Waals surface area contributed by atoms with Crippen LogP contribution >= 0.6 is 11.8 Å². The number of aromatic nitrogens is 3. The van der Waals surface area contributed by atoms with E-state index < -0.39 is 18.4 Å². The van der Waals surface area contributed by atoms with Crippen molar-refractivity contribution in [3.8, 4) is 11.4 Å². The van der Waals surface area contributed by atoms with Gasteiger partial charge in [0.1, 0.15) is 6.10 Å². The summed E-state index contributed by atoms with van der Waals surface area (Å²) in [7, 11) is 0. The van der Waals surface area contributed by atoms with Crippen molar-refractivity contribution < 1.29 is 14.9 Å². The fraction of sp³-hybridized carbons (Fsp3) is 0.529. The molecule has 2 heterocycles. The molecule has 0 unspecified atom stereocenters. The Kier molecular flexibility index (Phi) is 5.89. The second-order valence-corrected chi connectivity index (χ2v) is 6.91. The highest BCUT2D eigenvalue weighted by atomic mass is 32.2. The first-order valence-electron chi connectivity index (χ1n) is 8.32. The van der Waals surface area contributed by atoms with Gasteiger partial charge >= 0.3 is 0 Å². The lowest BCUT2D eigenvalue weighted by atomic mass is 10.2. The van der Waals surface area contributed by atoms with Crippen molar-refractivity contribution in [2.24, 2.45) is 0 Å². The van der Waals surface area contributed by atoms with E-state index in [-0.39, 0.29) is 6.61 Å². The molecule has 2 N–H and O–H groups in total. The standard InChI is InChI=1S/C17H23N3O3S/c1-2-3-9-24-17-18-16(12-7-5-4-6-8-12)19-20(17)15-10-13(22)14(11-21)23-15/h4-8,13-15,21-22H,2-3,9-11H2,1H3/t13-,14+,15+/m0/s1. The molecule has 24 heavy (non-hydrogen) atoms. The maximum atomic E-state index is 10.00. The fourth-order valence-electron chi connectivity index (χ4n) is 2.64. The van der Waals surface area contributed by atoms with Crippen LogP contribution in [0.15, 0.2) is 35.5 Å². The summed E-state index contributed by atoms with van der Waals surface area (Å²) in [5.41, 5.74) is 0.950. The van der Waals surface area contributed by atoms with Gasteiger partial charge in [-0.2, -0.15) is 0 Å². The van der Waals surface area contributed by atoms with Crippen molar-refractivity contribution in [3.63, 3.8) is 0 Å². The Hall–Kier alpha value is -1.41. The molecular formula is C17H23N3O3S. The fourth-order valence-corrected chi connectivity index (χ4v) is 3.70. The average Bonchev–Trinajstić information content (AvgIpc) is 3.19. The molecule has 3 atom stereocenters. The summed E-state index contributed by atoms with van der Waals surface area (Å²) in [4.78, 5) is 4.66. The predicted octanol–water partition coefficient (Wildman–Crippen LogP) is 2.48. The zero-order valence-corrected chi connectivity index (χ0v) is 14.5. The van der Waals surface area contributed by atoms with Gasteiger partial charge in [0.05, 0.1) is 12.7 Å². The van der Waals surface area contributed by atoms with E-state index in [4.69, 9.17) is 4.74 Å². The zero-order valence-electron chi connectivity index (χ0n) is 13.7. The molecule has 0 amide bonds. The second kappa shape index (κ2) is 8.11. The number of aliphatic hydroxyl groups is 2. The molecule has 0 bridgehead atoms. The van der Waals surface area contributed by atoms with Crippen molar-refractivity contribution >= 4 is 11.8 Å². The predicted molar refractivity (Wildman–Crippen MR) is 92.7 cm³/mol. The number of unbranched alkanes of at least 4 members (excludes halogenated alkanes) is 1. The number of aliphatic hydroxyl groups excluding tert-OH is 2. The van der Waals surface area contributed by atoms with E-state index in [9.17, 15) is 10.2 Å². The smallest absolute Gasteiger partial charge is 0.189 e. The Morgan fingerprint density at radius 3 is 2.79 bits per heavy atom. The first-order chi connectivity index (χ1) is 11.7. The highest BCUT2D eigenvalue weighted by Gasteiger charge is 2.36. The third kappa shape index (κ3) is 3.80. The minimum Gasteiger partial charge on any atom is -0.394 e. The molecule has 0 spiro atoms. The lowest BCUT2D eigenvalue weighted by Crippen LogP contribution is -2.24. The molecule has 1 aromatic heterocycles. The normalized spacial score (nSPS) is 23.7. The lowest BCUT2D eigenvalue weighted by Gasteiger charge is -2.13. The van der Waals surface area contributed by atoms with E-state index in [2.05, 4.69) is 17.0 Å². The molecule has 1 saturated heterocycles. The van der Waals surface area contributed by atoms with Crippen LogP contribution < -0.4 is 0 Å². The third-order valence-electron chi connectivity index (χ3n) is 4.02. The maximum absolute atomic E-state index is 10.00. The molecule has 3 rings (SSSR count). The maximum Gasteiger partial charge on any atom is 0.189 e. The summed E-state index contributed by atoms with van der Waals surface area (Å²) in [5, 5.41) is 24.7. The summed E-state index contributed by atoms with van der Waals surface area (Å²) in [6.45, 7) is 1.96.